The number of rotatable bonds is 5. The topological polar surface area (TPSA) is 92.5 Å². The second-order valence-electron chi connectivity index (χ2n) is 3.70. The van der Waals surface area contributed by atoms with E-state index in [-0.39, 0.29) is 24.9 Å². The number of nitrogens with one attached hydrogen (secondary N) is 1. The molecule has 1 amide bonds. The van der Waals surface area contributed by atoms with Crippen LogP contribution in [0.15, 0.2) is 0 Å². The first-order valence-electron chi connectivity index (χ1n) is 4.97. The van der Waals surface area contributed by atoms with Gasteiger partial charge in [-0.1, -0.05) is 0 Å². The van der Waals surface area contributed by atoms with Gasteiger partial charge >= 0.3 is 0 Å². The van der Waals surface area contributed by atoms with Crippen LogP contribution in [0.2, 0.25) is 0 Å². The average molecular weight is 304 g/mol. The fourth-order valence-electron chi connectivity index (χ4n) is 1.35. The van der Waals surface area contributed by atoms with E-state index in [4.69, 9.17) is 5.73 Å². The van der Waals surface area contributed by atoms with E-state index in [1.165, 1.54) is 0 Å². The van der Waals surface area contributed by atoms with E-state index in [0.717, 1.165) is 18.6 Å². The lowest BCUT2D eigenvalue weighted by Gasteiger charge is -2.19. The van der Waals surface area contributed by atoms with Gasteiger partial charge in [0.05, 0.1) is 18.2 Å². The number of sulfonamides is 1. The van der Waals surface area contributed by atoms with E-state index in [2.05, 4.69) is 4.72 Å². The van der Waals surface area contributed by atoms with Crippen molar-refractivity contribution < 1.29 is 13.2 Å². The first-order chi connectivity index (χ1) is 7.40. The maximum absolute atomic E-state index is 11.7. The van der Waals surface area contributed by atoms with Gasteiger partial charge in [0.15, 0.2) is 0 Å². The number of hydrogen-bond donors (Lipinski definition) is 2. The molecular formula is C8H18ClN3O3S2. The summed E-state index contributed by atoms with van der Waals surface area (Å²) >= 11 is 1.69. The van der Waals surface area contributed by atoms with E-state index in [9.17, 15) is 13.2 Å². The number of halogens is 1. The number of carbonyl (C=O) groups excluding carboxylic acids is 1. The van der Waals surface area contributed by atoms with Gasteiger partial charge in [0.1, 0.15) is 0 Å². The Balaban J connectivity index is 0.00000256. The van der Waals surface area contributed by atoms with Crippen LogP contribution in [0.4, 0.5) is 0 Å². The van der Waals surface area contributed by atoms with Crippen LogP contribution in [-0.4, -0.2) is 56.2 Å². The van der Waals surface area contributed by atoms with Crippen LogP contribution in [0.5, 0.6) is 0 Å². The third kappa shape index (κ3) is 6.46. The molecule has 1 atom stereocenters. The Hall–Kier alpha value is -0.0200. The summed E-state index contributed by atoms with van der Waals surface area (Å²) in [6.45, 7) is 0.934. The van der Waals surface area contributed by atoms with Crippen LogP contribution in [0.1, 0.15) is 6.42 Å². The maximum Gasteiger partial charge on any atom is 0.240 e. The molecule has 17 heavy (non-hydrogen) atoms. The maximum atomic E-state index is 11.7. The van der Waals surface area contributed by atoms with E-state index < -0.39 is 16.1 Å². The summed E-state index contributed by atoms with van der Waals surface area (Å²) in [5, 5.41) is 0. The van der Waals surface area contributed by atoms with E-state index >= 15 is 0 Å². The van der Waals surface area contributed by atoms with Crippen molar-refractivity contribution in [3.8, 4) is 0 Å². The number of thioether (sulfide) groups is 1. The molecule has 0 aliphatic carbocycles. The Bertz CT molecular complexity index is 344. The zero-order chi connectivity index (χ0) is 12.2. The summed E-state index contributed by atoms with van der Waals surface area (Å²) in [5.41, 5.74) is 5.69. The predicted octanol–water partition coefficient (Wildman–Crippen LogP) is -0.792. The first-order valence-corrected chi connectivity index (χ1v) is 8.01. The minimum Gasteiger partial charge on any atom is -0.331 e. The molecule has 0 aromatic rings. The van der Waals surface area contributed by atoms with Gasteiger partial charge in [-0.25, -0.2) is 13.1 Å². The number of nitrogens with two attached hydrogens (primary N) is 1. The standard InChI is InChI=1S/C8H17N3O3S2.ClH/c1-16(13,14)10-3-2-7(9)8(12)11-4-5-15-6-11;/h7,10H,2-6,9H2,1H3;1H/t7-;/m0./s1. The number of hydrogen-bond acceptors (Lipinski definition) is 5. The average Bonchev–Trinajstić information content (AvgIpc) is 2.67. The molecule has 1 saturated heterocycles. The van der Waals surface area contributed by atoms with Crippen molar-refractivity contribution in [2.24, 2.45) is 5.73 Å². The van der Waals surface area contributed by atoms with Crippen LogP contribution in [0.3, 0.4) is 0 Å². The third-order valence-electron chi connectivity index (χ3n) is 2.20. The fraction of sp³-hybridized carbons (Fsp3) is 0.875. The Morgan fingerprint density at radius 1 is 1.59 bits per heavy atom. The molecule has 0 aromatic heterocycles. The normalized spacial score (nSPS) is 17.6. The quantitative estimate of drug-likeness (QED) is 0.694. The van der Waals surface area contributed by atoms with E-state index in [1.807, 2.05) is 0 Å². The molecular weight excluding hydrogens is 286 g/mol. The van der Waals surface area contributed by atoms with Crippen LogP contribution in [0, 0.1) is 0 Å². The summed E-state index contributed by atoms with van der Waals surface area (Å²) in [5.74, 6) is 1.53. The summed E-state index contributed by atoms with van der Waals surface area (Å²) in [7, 11) is -3.20. The van der Waals surface area contributed by atoms with Gasteiger partial charge in [0.25, 0.3) is 0 Å². The Labute approximate surface area is 112 Å². The molecule has 0 spiro atoms. The summed E-state index contributed by atoms with van der Waals surface area (Å²) in [6.07, 6.45) is 1.41. The van der Waals surface area contributed by atoms with Gasteiger partial charge in [0.2, 0.25) is 15.9 Å². The van der Waals surface area contributed by atoms with Gasteiger partial charge in [-0.15, -0.1) is 24.2 Å². The van der Waals surface area contributed by atoms with Crippen molar-refractivity contribution in [3.05, 3.63) is 0 Å². The molecule has 0 saturated carbocycles. The van der Waals surface area contributed by atoms with Crippen LogP contribution in [0.25, 0.3) is 0 Å². The molecule has 9 heteroatoms. The summed E-state index contributed by atoms with van der Waals surface area (Å²) < 4.78 is 23.9. The molecule has 3 N–H and O–H groups in total. The molecule has 0 aromatic carbocycles. The lowest BCUT2D eigenvalue weighted by molar-refractivity contribution is -0.131. The van der Waals surface area contributed by atoms with E-state index in [1.54, 1.807) is 16.7 Å². The second-order valence-corrected chi connectivity index (χ2v) is 6.61. The minimum absolute atomic E-state index is 0. The lowest BCUT2D eigenvalue weighted by atomic mass is 10.2. The van der Waals surface area contributed by atoms with Crippen molar-refractivity contribution in [1.82, 2.24) is 9.62 Å². The molecule has 1 aliphatic rings. The van der Waals surface area contributed by atoms with Crippen molar-refractivity contribution in [2.75, 3.05) is 31.0 Å². The van der Waals surface area contributed by atoms with Crippen molar-refractivity contribution >= 4 is 40.1 Å². The number of amides is 1. The Morgan fingerprint density at radius 2 is 2.24 bits per heavy atom. The second kappa shape index (κ2) is 7.42. The third-order valence-corrected chi connectivity index (χ3v) is 3.90. The molecule has 6 nitrogen and oxygen atoms in total. The molecule has 102 valence electrons. The van der Waals surface area contributed by atoms with E-state index in [0.29, 0.717) is 12.3 Å². The highest BCUT2D eigenvalue weighted by molar-refractivity contribution is 7.99. The molecule has 0 radical (unpaired) electrons. The summed E-state index contributed by atoms with van der Waals surface area (Å²) in [6, 6.07) is -0.618. The zero-order valence-corrected chi connectivity index (χ0v) is 12.0. The highest BCUT2D eigenvalue weighted by atomic mass is 35.5. The smallest absolute Gasteiger partial charge is 0.240 e. The molecule has 1 aliphatic heterocycles. The fourth-order valence-corrected chi connectivity index (χ4v) is 2.79. The van der Waals surface area contributed by atoms with Crippen LogP contribution >= 0.6 is 24.2 Å². The molecule has 0 unspecified atom stereocenters. The van der Waals surface area contributed by atoms with Gasteiger partial charge < -0.3 is 10.6 Å². The number of nitrogens with zero attached hydrogens (tertiary/aromatic N) is 1. The van der Waals surface area contributed by atoms with Gasteiger partial charge in [0, 0.05) is 18.8 Å². The SMILES string of the molecule is CS(=O)(=O)NCC[C@H](N)C(=O)N1CCSC1.Cl. The van der Waals surface area contributed by atoms with Gasteiger partial charge in [-0.2, -0.15) is 0 Å². The Kier molecular flexibility index (Phi) is 7.41. The molecule has 1 rings (SSSR count). The zero-order valence-electron chi connectivity index (χ0n) is 9.59. The highest BCUT2D eigenvalue weighted by Crippen LogP contribution is 2.14. The molecule has 1 heterocycles. The largest absolute Gasteiger partial charge is 0.331 e. The Morgan fingerprint density at radius 3 is 2.71 bits per heavy atom. The minimum atomic E-state index is -3.20. The van der Waals surface area contributed by atoms with Gasteiger partial charge in [-0.05, 0) is 6.42 Å². The number of carbonyl (C=O) groups is 1. The first kappa shape index (κ1) is 17.0. The lowest BCUT2D eigenvalue weighted by Crippen LogP contribution is -2.44. The van der Waals surface area contributed by atoms with Crippen molar-refractivity contribution in [3.63, 3.8) is 0 Å². The molecule has 1 fully saturated rings. The van der Waals surface area contributed by atoms with Crippen LogP contribution in [-0.2, 0) is 14.8 Å². The predicted molar refractivity (Wildman–Crippen MR) is 71.7 cm³/mol. The monoisotopic (exact) mass is 303 g/mol. The molecule has 0 bridgehead atoms. The summed E-state index contributed by atoms with van der Waals surface area (Å²) in [4.78, 5) is 13.4. The van der Waals surface area contributed by atoms with Crippen molar-refractivity contribution in [1.29, 1.82) is 0 Å². The van der Waals surface area contributed by atoms with Crippen molar-refractivity contribution in [2.45, 2.75) is 12.5 Å². The van der Waals surface area contributed by atoms with Gasteiger partial charge in [-0.3, -0.25) is 4.79 Å². The van der Waals surface area contributed by atoms with Crippen LogP contribution < -0.4 is 10.5 Å². The highest BCUT2D eigenvalue weighted by Gasteiger charge is 2.23.